The molecule has 0 spiro atoms. The molecule has 1 aromatic carbocycles. The minimum Gasteiger partial charge on any atom is -0.310 e. The van der Waals surface area contributed by atoms with Gasteiger partial charge in [0.1, 0.15) is 11.6 Å². The molecule has 0 radical (unpaired) electrons. The number of rotatable bonds is 4. The van der Waals surface area contributed by atoms with Gasteiger partial charge in [0.25, 0.3) is 0 Å². The molecular formula is C12H15F2N. The van der Waals surface area contributed by atoms with Crippen molar-refractivity contribution in [3.8, 4) is 0 Å². The summed E-state index contributed by atoms with van der Waals surface area (Å²) in [5.74, 6) is -0.245. The first-order valence-electron chi connectivity index (χ1n) is 5.34. The minimum absolute atomic E-state index is 0.425. The lowest BCUT2D eigenvalue weighted by atomic mass is 10.1. The van der Waals surface area contributed by atoms with Gasteiger partial charge in [-0.2, -0.15) is 0 Å². The Bertz CT molecular complexity index is 347. The quantitative estimate of drug-likeness (QED) is 0.807. The highest BCUT2D eigenvalue weighted by Crippen LogP contribution is 2.32. The van der Waals surface area contributed by atoms with Gasteiger partial charge in [-0.05, 0) is 31.7 Å². The van der Waals surface area contributed by atoms with Crippen molar-refractivity contribution >= 4 is 0 Å². The van der Waals surface area contributed by atoms with E-state index in [1.807, 2.05) is 0 Å². The van der Waals surface area contributed by atoms with Gasteiger partial charge in [-0.25, -0.2) is 8.78 Å². The lowest BCUT2D eigenvalue weighted by Gasteiger charge is -2.12. The molecule has 2 rings (SSSR count). The molecule has 1 nitrogen and oxygen atoms in total. The van der Waals surface area contributed by atoms with E-state index in [2.05, 4.69) is 12.2 Å². The van der Waals surface area contributed by atoms with Crippen molar-refractivity contribution in [3.63, 3.8) is 0 Å². The molecular weight excluding hydrogens is 196 g/mol. The number of benzene rings is 1. The second-order valence-corrected chi connectivity index (χ2v) is 4.24. The van der Waals surface area contributed by atoms with Gasteiger partial charge in [0.15, 0.2) is 0 Å². The third-order valence-corrected chi connectivity index (χ3v) is 2.96. The number of halogens is 2. The molecule has 1 aliphatic rings. The van der Waals surface area contributed by atoms with Crippen molar-refractivity contribution in [1.29, 1.82) is 0 Å². The average Bonchev–Trinajstić information content (AvgIpc) is 2.99. The van der Waals surface area contributed by atoms with E-state index >= 15 is 0 Å². The largest absolute Gasteiger partial charge is 0.310 e. The third kappa shape index (κ3) is 2.75. The molecule has 0 saturated heterocycles. The van der Waals surface area contributed by atoms with Gasteiger partial charge in [0.05, 0.1) is 0 Å². The highest BCUT2D eigenvalue weighted by atomic mass is 19.1. The smallest absolute Gasteiger partial charge is 0.130 e. The van der Waals surface area contributed by atoms with Crippen LogP contribution in [0.1, 0.15) is 25.3 Å². The molecule has 0 heterocycles. The molecule has 0 bridgehead atoms. The van der Waals surface area contributed by atoms with E-state index in [1.54, 1.807) is 0 Å². The molecule has 0 aromatic heterocycles. The van der Waals surface area contributed by atoms with E-state index in [0.29, 0.717) is 18.2 Å². The van der Waals surface area contributed by atoms with Crippen LogP contribution in [0.3, 0.4) is 0 Å². The van der Waals surface area contributed by atoms with Crippen LogP contribution in [0.4, 0.5) is 8.78 Å². The summed E-state index contributed by atoms with van der Waals surface area (Å²) in [7, 11) is 0. The summed E-state index contributed by atoms with van der Waals surface area (Å²) in [6, 6.07) is 4.15. The molecule has 15 heavy (non-hydrogen) atoms. The Morgan fingerprint density at radius 2 is 2.13 bits per heavy atom. The first-order chi connectivity index (χ1) is 7.16. The fraction of sp³-hybridized carbons (Fsp3) is 0.500. The van der Waals surface area contributed by atoms with E-state index in [4.69, 9.17) is 0 Å². The molecule has 82 valence electrons. The topological polar surface area (TPSA) is 12.0 Å². The monoisotopic (exact) mass is 211 g/mol. The van der Waals surface area contributed by atoms with E-state index in [-0.39, 0.29) is 0 Å². The zero-order valence-electron chi connectivity index (χ0n) is 8.76. The Labute approximate surface area is 88.5 Å². The van der Waals surface area contributed by atoms with Crippen LogP contribution in [0, 0.1) is 17.6 Å². The lowest BCUT2D eigenvalue weighted by molar-refractivity contribution is 0.483. The lowest BCUT2D eigenvalue weighted by Crippen LogP contribution is -2.27. The molecule has 1 N–H and O–H groups in total. The Kier molecular flexibility index (Phi) is 3.00. The number of hydrogen-bond acceptors (Lipinski definition) is 1. The first-order valence-corrected chi connectivity index (χ1v) is 5.34. The molecule has 1 unspecified atom stereocenters. The van der Waals surface area contributed by atoms with E-state index < -0.39 is 11.6 Å². The average molecular weight is 211 g/mol. The molecule has 1 atom stereocenters. The number of hydrogen-bond donors (Lipinski definition) is 1. The van der Waals surface area contributed by atoms with Gasteiger partial charge in [0.2, 0.25) is 0 Å². The van der Waals surface area contributed by atoms with Gasteiger partial charge in [-0.1, -0.05) is 6.07 Å². The third-order valence-electron chi connectivity index (χ3n) is 2.96. The Hall–Kier alpha value is -0.960. The van der Waals surface area contributed by atoms with Crippen LogP contribution in [0.15, 0.2) is 18.2 Å². The van der Waals surface area contributed by atoms with Crippen molar-refractivity contribution in [2.75, 3.05) is 0 Å². The molecule has 0 amide bonds. The summed E-state index contributed by atoms with van der Waals surface area (Å²) in [6.45, 7) is 2.59. The van der Waals surface area contributed by atoms with E-state index in [9.17, 15) is 8.78 Å². The predicted molar refractivity (Wildman–Crippen MR) is 55.4 cm³/mol. The highest BCUT2D eigenvalue weighted by Gasteiger charge is 2.27. The molecule has 1 aromatic rings. The maximum atomic E-state index is 13.2. The van der Waals surface area contributed by atoms with Crippen molar-refractivity contribution < 1.29 is 8.78 Å². The molecule has 0 aliphatic heterocycles. The summed E-state index contributed by atoms with van der Waals surface area (Å²) < 4.78 is 25.9. The SMILES string of the molecule is CC(NCc1ccc(F)cc1F)C1CC1. The maximum Gasteiger partial charge on any atom is 0.130 e. The van der Waals surface area contributed by atoms with Crippen molar-refractivity contribution in [2.45, 2.75) is 32.4 Å². The maximum absolute atomic E-state index is 13.2. The highest BCUT2D eigenvalue weighted by molar-refractivity contribution is 5.18. The van der Waals surface area contributed by atoms with Gasteiger partial charge in [-0.3, -0.25) is 0 Å². The molecule has 3 heteroatoms. The predicted octanol–water partition coefficient (Wildman–Crippen LogP) is 2.85. The van der Waals surface area contributed by atoms with Crippen LogP contribution in [0.2, 0.25) is 0 Å². The zero-order chi connectivity index (χ0) is 10.8. The van der Waals surface area contributed by atoms with Crippen molar-refractivity contribution in [3.05, 3.63) is 35.4 Å². The molecule has 1 saturated carbocycles. The van der Waals surface area contributed by atoms with Crippen LogP contribution < -0.4 is 5.32 Å². The summed E-state index contributed by atoms with van der Waals surface area (Å²) in [4.78, 5) is 0. The van der Waals surface area contributed by atoms with Crippen LogP contribution >= 0.6 is 0 Å². The second kappa shape index (κ2) is 4.27. The van der Waals surface area contributed by atoms with Gasteiger partial charge in [0, 0.05) is 24.2 Å². The van der Waals surface area contributed by atoms with E-state index in [1.165, 1.54) is 25.0 Å². The van der Waals surface area contributed by atoms with Gasteiger partial charge >= 0.3 is 0 Å². The standard InChI is InChI=1S/C12H15F2N/c1-8(9-2-3-9)15-7-10-4-5-11(13)6-12(10)14/h4-6,8-9,15H,2-3,7H2,1H3. The summed E-state index contributed by atoms with van der Waals surface area (Å²) in [5, 5.41) is 3.26. The molecule has 1 fully saturated rings. The van der Waals surface area contributed by atoms with E-state index in [0.717, 1.165) is 12.0 Å². The second-order valence-electron chi connectivity index (χ2n) is 4.24. The van der Waals surface area contributed by atoms with Crippen LogP contribution in [0.5, 0.6) is 0 Å². The minimum atomic E-state index is -0.522. The fourth-order valence-corrected chi connectivity index (χ4v) is 1.70. The van der Waals surface area contributed by atoms with Crippen molar-refractivity contribution in [1.82, 2.24) is 5.32 Å². The Morgan fingerprint density at radius 3 is 2.73 bits per heavy atom. The van der Waals surface area contributed by atoms with Crippen LogP contribution in [-0.4, -0.2) is 6.04 Å². The molecule has 1 aliphatic carbocycles. The first kappa shape index (κ1) is 10.6. The Balaban J connectivity index is 1.92. The summed E-state index contributed by atoms with van der Waals surface area (Å²) >= 11 is 0. The summed E-state index contributed by atoms with van der Waals surface area (Å²) in [6.07, 6.45) is 2.53. The van der Waals surface area contributed by atoms with Crippen LogP contribution in [-0.2, 0) is 6.54 Å². The van der Waals surface area contributed by atoms with Crippen molar-refractivity contribution in [2.24, 2.45) is 5.92 Å². The zero-order valence-corrected chi connectivity index (χ0v) is 8.76. The normalized spacial score (nSPS) is 17.8. The van der Waals surface area contributed by atoms with Gasteiger partial charge in [-0.15, -0.1) is 0 Å². The van der Waals surface area contributed by atoms with Gasteiger partial charge < -0.3 is 5.32 Å². The van der Waals surface area contributed by atoms with Crippen LogP contribution in [0.25, 0.3) is 0 Å². The fourth-order valence-electron chi connectivity index (χ4n) is 1.70. The Morgan fingerprint density at radius 1 is 1.40 bits per heavy atom. The number of nitrogens with one attached hydrogen (secondary N) is 1. The summed E-state index contributed by atoms with van der Waals surface area (Å²) in [5.41, 5.74) is 0.531.